The van der Waals surface area contributed by atoms with E-state index in [-0.39, 0.29) is 23.8 Å². The zero-order valence-corrected chi connectivity index (χ0v) is 14.7. The number of nitrogens with one attached hydrogen (secondary N) is 1. The molecular formula is C19H26N2O4. The molecule has 3 rings (SSSR count). The smallest absolute Gasteiger partial charge is 0.251 e. The predicted octanol–water partition coefficient (Wildman–Crippen LogP) is 1.73. The maximum atomic E-state index is 12.4. The number of piperidine rings is 1. The van der Waals surface area contributed by atoms with Crippen molar-refractivity contribution in [2.24, 2.45) is 5.92 Å². The van der Waals surface area contributed by atoms with Gasteiger partial charge in [-0.1, -0.05) is 12.1 Å². The fraction of sp³-hybridized carbons (Fsp3) is 0.579. The lowest BCUT2D eigenvalue weighted by Gasteiger charge is -2.32. The highest BCUT2D eigenvalue weighted by atomic mass is 16.5. The van der Waals surface area contributed by atoms with E-state index in [1.54, 1.807) is 7.11 Å². The number of nitrogens with zero attached hydrogens (tertiary/aromatic N) is 1. The number of likely N-dealkylation sites (tertiary alicyclic amines) is 1. The first kappa shape index (κ1) is 17.7. The van der Waals surface area contributed by atoms with Gasteiger partial charge in [0.2, 0.25) is 5.91 Å². The third-order valence-corrected chi connectivity index (χ3v) is 5.01. The van der Waals surface area contributed by atoms with Crippen LogP contribution in [0.4, 0.5) is 0 Å². The summed E-state index contributed by atoms with van der Waals surface area (Å²) in [5.74, 6) is 0.944. The van der Waals surface area contributed by atoms with Gasteiger partial charge >= 0.3 is 0 Å². The Kier molecular flexibility index (Phi) is 5.91. The summed E-state index contributed by atoms with van der Waals surface area (Å²) in [6.45, 7) is 2.47. The number of hydrogen-bond acceptors (Lipinski definition) is 4. The van der Waals surface area contributed by atoms with Crippen LogP contribution in [0.3, 0.4) is 0 Å². The zero-order chi connectivity index (χ0) is 17.6. The summed E-state index contributed by atoms with van der Waals surface area (Å²) in [5, 5.41) is 3.00. The summed E-state index contributed by atoms with van der Waals surface area (Å²) in [4.78, 5) is 26.5. The van der Waals surface area contributed by atoms with Crippen LogP contribution in [0, 0.1) is 5.92 Å². The topological polar surface area (TPSA) is 67.9 Å². The van der Waals surface area contributed by atoms with Gasteiger partial charge in [-0.05, 0) is 43.4 Å². The highest BCUT2D eigenvalue weighted by molar-refractivity contribution is 5.82. The Balaban J connectivity index is 1.42. The van der Waals surface area contributed by atoms with Gasteiger partial charge in [-0.15, -0.1) is 0 Å². The Morgan fingerprint density at radius 3 is 2.52 bits per heavy atom. The number of methoxy groups -OCH3 is 1. The largest absolute Gasteiger partial charge is 0.497 e. The van der Waals surface area contributed by atoms with Crippen molar-refractivity contribution in [1.82, 2.24) is 10.2 Å². The number of rotatable bonds is 5. The molecule has 0 aliphatic carbocycles. The molecule has 136 valence electrons. The molecule has 6 heteroatoms. The van der Waals surface area contributed by atoms with E-state index in [1.165, 1.54) is 0 Å². The van der Waals surface area contributed by atoms with Crippen molar-refractivity contribution in [3.8, 4) is 5.75 Å². The van der Waals surface area contributed by atoms with Gasteiger partial charge in [0.25, 0.3) is 5.91 Å². The molecule has 1 aromatic carbocycles. The molecule has 0 radical (unpaired) electrons. The second-order valence-corrected chi connectivity index (χ2v) is 6.67. The SMILES string of the molecule is COc1ccc(CNC(=O)C2CCN(C(=O)C3CCCO3)CC2)cc1. The van der Waals surface area contributed by atoms with Crippen LogP contribution in [0.2, 0.25) is 0 Å². The number of carbonyl (C=O) groups is 2. The van der Waals surface area contributed by atoms with E-state index >= 15 is 0 Å². The first-order valence-corrected chi connectivity index (χ1v) is 8.98. The van der Waals surface area contributed by atoms with Gasteiger partial charge in [-0.2, -0.15) is 0 Å². The molecule has 0 aromatic heterocycles. The molecule has 2 amide bonds. The van der Waals surface area contributed by atoms with Crippen LogP contribution < -0.4 is 10.1 Å². The number of benzene rings is 1. The van der Waals surface area contributed by atoms with Gasteiger partial charge in [0, 0.05) is 32.2 Å². The molecule has 2 aliphatic heterocycles. The van der Waals surface area contributed by atoms with Crippen LogP contribution in [-0.2, 0) is 20.9 Å². The van der Waals surface area contributed by atoms with E-state index in [9.17, 15) is 9.59 Å². The second-order valence-electron chi connectivity index (χ2n) is 6.67. The quantitative estimate of drug-likeness (QED) is 0.882. The van der Waals surface area contributed by atoms with Crippen molar-refractivity contribution < 1.29 is 19.1 Å². The van der Waals surface area contributed by atoms with Crippen molar-refractivity contribution >= 4 is 11.8 Å². The Bertz CT molecular complexity index is 588. The summed E-state index contributed by atoms with van der Waals surface area (Å²) in [5.41, 5.74) is 1.04. The van der Waals surface area contributed by atoms with Gasteiger partial charge < -0.3 is 19.7 Å². The van der Waals surface area contributed by atoms with E-state index in [0.717, 1.165) is 24.2 Å². The molecule has 2 heterocycles. The molecule has 2 aliphatic rings. The minimum absolute atomic E-state index is 0.0215. The third kappa shape index (κ3) is 4.51. The van der Waals surface area contributed by atoms with Crippen LogP contribution in [0.15, 0.2) is 24.3 Å². The molecular weight excluding hydrogens is 320 g/mol. The summed E-state index contributed by atoms with van der Waals surface area (Å²) < 4.78 is 10.6. The first-order chi connectivity index (χ1) is 12.2. The van der Waals surface area contributed by atoms with Gasteiger partial charge in [0.05, 0.1) is 7.11 Å². The molecule has 0 bridgehead atoms. The van der Waals surface area contributed by atoms with E-state index in [2.05, 4.69) is 5.32 Å². The average Bonchev–Trinajstić information content (AvgIpc) is 3.21. The second kappa shape index (κ2) is 8.34. The fourth-order valence-corrected chi connectivity index (χ4v) is 3.42. The zero-order valence-electron chi connectivity index (χ0n) is 14.7. The number of ether oxygens (including phenoxy) is 2. The summed E-state index contributed by atoms with van der Waals surface area (Å²) in [6.07, 6.45) is 2.95. The maximum absolute atomic E-state index is 12.4. The highest BCUT2D eigenvalue weighted by Crippen LogP contribution is 2.21. The number of hydrogen-bond donors (Lipinski definition) is 1. The number of amides is 2. The molecule has 1 unspecified atom stereocenters. The standard InChI is InChI=1S/C19H26N2O4/c1-24-16-6-4-14(5-7-16)13-20-18(22)15-8-10-21(11-9-15)19(23)17-3-2-12-25-17/h4-7,15,17H,2-3,8-13H2,1H3,(H,20,22). The van der Waals surface area contributed by atoms with E-state index in [4.69, 9.17) is 9.47 Å². The van der Waals surface area contributed by atoms with Crippen molar-refractivity contribution in [3.05, 3.63) is 29.8 Å². The van der Waals surface area contributed by atoms with Crippen LogP contribution >= 0.6 is 0 Å². The minimum atomic E-state index is -0.263. The Morgan fingerprint density at radius 1 is 1.20 bits per heavy atom. The molecule has 1 aromatic rings. The van der Waals surface area contributed by atoms with Gasteiger partial charge in [-0.25, -0.2) is 0 Å². The molecule has 25 heavy (non-hydrogen) atoms. The molecule has 1 N–H and O–H groups in total. The minimum Gasteiger partial charge on any atom is -0.497 e. The lowest BCUT2D eigenvalue weighted by atomic mass is 9.95. The van der Waals surface area contributed by atoms with Crippen molar-refractivity contribution in [3.63, 3.8) is 0 Å². The van der Waals surface area contributed by atoms with E-state index in [0.29, 0.717) is 39.1 Å². The lowest BCUT2D eigenvalue weighted by Crippen LogP contribution is -2.46. The summed E-state index contributed by atoms with van der Waals surface area (Å²) in [6, 6.07) is 7.66. The number of carbonyl (C=O) groups excluding carboxylic acids is 2. The van der Waals surface area contributed by atoms with Crippen molar-refractivity contribution in [2.75, 3.05) is 26.8 Å². The monoisotopic (exact) mass is 346 g/mol. The van der Waals surface area contributed by atoms with Gasteiger partial charge in [0.15, 0.2) is 0 Å². The molecule has 6 nitrogen and oxygen atoms in total. The average molecular weight is 346 g/mol. The summed E-state index contributed by atoms with van der Waals surface area (Å²) in [7, 11) is 1.63. The predicted molar refractivity (Wildman–Crippen MR) is 93.1 cm³/mol. The molecule has 1 atom stereocenters. The fourth-order valence-electron chi connectivity index (χ4n) is 3.42. The Morgan fingerprint density at radius 2 is 1.92 bits per heavy atom. The molecule has 0 saturated carbocycles. The van der Waals surface area contributed by atoms with E-state index < -0.39 is 0 Å². The van der Waals surface area contributed by atoms with Crippen LogP contribution in [0.5, 0.6) is 5.75 Å². The van der Waals surface area contributed by atoms with Gasteiger partial charge in [-0.3, -0.25) is 9.59 Å². The Hall–Kier alpha value is -2.08. The first-order valence-electron chi connectivity index (χ1n) is 8.98. The van der Waals surface area contributed by atoms with Gasteiger partial charge in [0.1, 0.15) is 11.9 Å². The van der Waals surface area contributed by atoms with Crippen molar-refractivity contribution in [1.29, 1.82) is 0 Å². The highest BCUT2D eigenvalue weighted by Gasteiger charge is 2.32. The lowest BCUT2D eigenvalue weighted by molar-refractivity contribution is -0.143. The Labute approximate surface area is 148 Å². The van der Waals surface area contributed by atoms with Crippen molar-refractivity contribution in [2.45, 2.75) is 38.3 Å². The van der Waals surface area contributed by atoms with Crippen LogP contribution in [-0.4, -0.2) is 49.6 Å². The molecule has 0 spiro atoms. The normalized spacial score (nSPS) is 21.2. The summed E-state index contributed by atoms with van der Waals surface area (Å²) >= 11 is 0. The molecule has 2 fully saturated rings. The third-order valence-electron chi connectivity index (χ3n) is 5.01. The van der Waals surface area contributed by atoms with Crippen LogP contribution in [0.1, 0.15) is 31.2 Å². The van der Waals surface area contributed by atoms with Crippen LogP contribution in [0.25, 0.3) is 0 Å². The van der Waals surface area contributed by atoms with E-state index in [1.807, 2.05) is 29.2 Å². The molecule has 2 saturated heterocycles. The maximum Gasteiger partial charge on any atom is 0.251 e.